The topological polar surface area (TPSA) is 80.9 Å². The first-order valence-electron chi connectivity index (χ1n) is 7.04. The van der Waals surface area contributed by atoms with Crippen LogP contribution in [0.25, 0.3) is 5.65 Å². The van der Waals surface area contributed by atoms with Gasteiger partial charge < -0.3 is 5.73 Å². The van der Waals surface area contributed by atoms with Crippen molar-refractivity contribution in [3.63, 3.8) is 0 Å². The predicted molar refractivity (Wildman–Crippen MR) is 85.1 cm³/mol. The molecule has 0 saturated heterocycles. The third kappa shape index (κ3) is 2.12. The van der Waals surface area contributed by atoms with Gasteiger partial charge in [0.25, 0.3) is 0 Å². The predicted octanol–water partition coefficient (Wildman–Crippen LogP) is 3.87. The number of nitrogens with two attached hydrogens (primary N) is 1. The Hall–Kier alpha value is -2.47. The summed E-state index contributed by atoms with van der Waals surface area (Å²) in [6.07, 6.45) is 5.04. The summed E-state index contributed by atoms with van der Waals surface area (Å²) in [5, 5.41) is 13.4. The average Bonchev–Trinajstić information content (AvgIpc) is 3.10. The van der Waals surface area contributed by atoms with Gasteiger partial charge in [-0.2, -0.15) is 5.11 Å². The number of fused-ring (bicyclic) bond motifs is 3. The minimum atomic E-state index is 0.338. The van der Waals surface area contributed by atoms with Crippen LogP contribution in [0.3, 0.4) is 0 Å². The Bertz CT molecular complexity index is 881. The Labute approximate surface area is 131 Å². The van der Waals surface area contributed by atoms with E-state index in [1.165, 1.54) is 11.3 Å². The van der Waals surface area contributed by atoms with E-state index in [4.69, 9.17) is 17.3 Å². The first kappa shape index (κ1) is 13.2. The van der Waals surface area contributed by atoms with Gasteiger partial charge in [-0.05, 0) is 49.1 Å². The summed E-state index contributed by atoms with van der Waals surface area (Å²) in [7, 11) is 0. The van der Waals surface area contributed by atoms with Crippen molar-refractivity contribution in [2.45, 2.75) is 19.3 Å². The summed E-state index contributed by atoms with van der Waals surface area (Å²) in [4.78, 5) is 4.45. The third-order valence-corrected chi connectivity index (χ3v) is 4.04. The van der Waals surface area contributed by atoms with Gasteiger partial charge in [0.1, 0.15) is 0 Å². The highest BCUT2D eigenvalue weighted by atomic mass is 35.5. The first-order valence-corrected chi connectivity index (χ1v) is 7.42. The molecule has 22 heavy (non-hydrogen) atoms. The van der Waals surface area contributed by atoms with Gasteiger partial charge in [-0.3, -0.25) is 0 Å². The molecule has 0 bridgehead atoms. The van der Waals surface area contributed by atoms with E-state index in [2.05, 4.69) is 20.3 Å². The monoisotopic (exact) mass is 312 g/mol. The molecule has 0 radical (unpaired) electrons. The van der Waals surface area contributed by atoms with Gasteiger partial charge >= 0.3 is 0 Å². The second-order valence-corrected chi connectivity index (χ2v) is 5.67. The number of aryl methyl sites for hydroxylation is 2. The van der Waals surface area contributed by atoms with Crippen molar-refractivity contribution in [3.05, 3.63) is 46.7 Å². The van der Waals surface area contributed by atoms with E-state index in [1.807, 2.05) is 6.20 Å². The molecule has 1 aliphatic carbocycles. The van der Waals surface area contributed by atoms with Crippen molar-refractivity contribution in [2.24, 2.45) is 10.2 Å². The van der Waals surface area contributed by atoms with Gasteiger partial charge in [-0.15, -0.1) is 10.2 Å². The van der Waals surface area contributed by atoms with E-state index in [9.17, 15) is 0 Å². The van der Waals surface area contributed by atoms with Crippen LogP contribution in [0.1, 0.15) is 17.7 Å². The molecule has 4 rings (SSSR count). The fraction of sp³-hybridized carbons (Fsp3) is 0.200. The lowest BCUT2D eigenvalue weighted by molar-refractivity contribution is 0.839. The minimum Gasteiger partial charge on any atom is -0.380 e. The van der Waals surface area contributed by atoms with Crippen LogP contribution in [-0.2, 0) is 12.8 Å². The standard InChI is InChI=1S/C15H13ClN6/c16-10-4-6-11(7-5-10)19-20-13-14(17)21-22-12-3-1-2-9(12)8-18-15(13)22/h4-8H,1-3H2,(H2,17,21). The van der Waals surface area contributed by atoms with Crippen molar-refractivity contribution in [2.75, 3.05) is 5.73 Å². The number of benzene rings is 1. The number of rotatable bonds is 2. The Balaban J connectivity index is 1.78. The lowest BCUT2D eigenvalue weighted by atomic mass is 10.3. The van der Waals surface area contributed by atoms with E-state index >= 15 is 0 Å². The maximum absolute atomic E-state index is 5.99. The molecular weight excluding hydrogens is 300 g/mol. The Kier molecular flexibility index (Phi) is 3.04. The average molecular weight is 313 g/mol. The maximum Gasteiger partial charge on any atom is 0.185 e. The van der Waals surface area contributed by atoms with Crippen LogP contribution in [0.2, 0.25) is 5.02 Å². The molecule has 0 amide bonds. The summed E-state index contributed by atoms with van der Waals surface area (Å²) >= 11 is 5.85. The fourth-order valence-corrected chi connectivity index (χ4v) is 2.83. The smallest absolute Gasteiger partial charge is 0.185 e. The van der Waals surface area contributed by atoms with E-state index < -0.39 is 0 Å². The minimum absolute atomic E-state index is 0.338. The molecule has 0 saturated carbocycles. The summed E-state index contributed by atoms with van der Waals surface area (Å²) in [6.45, 7) is 0. The quantitative estimate of drug-likeness (QED) is 0.729. The molecule has 0 fully saturated rings. The Morgan fingerprint density at radius 1 is 1.14 bits per heavy atom. The van der Waals surface area contributed by atoms with Crippen molar-refractivity contribution < 1.29 is 0 Å². The molecule has 110 valence electrons. The van der Waals surface area contributed by atoms with Crippen molar-refractivity contribution in [1.29, 1.82) is 0 Å². The Morgan fingerprint density at radius 2 is 1.95 bits per heavy atom. The number of azo groups is 1. The number of aromatic nitrogens is 3. The number of halogens is 1. The number of nitrogen functional groups attached to an aromatic ring is 1. The molecule has 2 aromatic heterocycles. The highest BCUT2D eigenvalue weighted by Gasteiger charge is 2.19. The number of anilines is 1. The Morgan fingerprint density at radius 3 is 2.77 bits per heavy atom. The van der Waals surface area contributed by atoms with E-state index in [-0.39, 0.29) is 0 Å². The lowest BCUT2D eigenvalue weighted by Gasteiger charge is -2.00. The van der Waals surface area contributed by atoms with Crippen molar-refractivity contribution >= 4 is 34.4 Å². The molecule has 0 spiro atoms. The van der Waals surface area contributed by atoms with Crippen LogP contribution in [-0.4, -0.2) is 14.6 Å². The summed E-state index contributed by atoms with van der Waals surface area (Å²) in [5.41, 5.74) is 10.2. The second-order valence-electron chi connectivity index (χ2n) is 5.23. The van der Waals surface area contributed by atoms with Gasteiger partial charge in [-0.25, -0.2) is 9.50 Å². The van der Waals surface area contributed by atoms with Crippen LogP contribution in [0.5, 0.6) is 0 Å². The van der Waals surface area contributed by atoms with Crippen LogP contribution in [0.15, 0.2) is 40.7 Å². The zero-order chi connectivity index (χ0) is 15.1. The molecule has 1 aliphatic rings. The normalized spacial score (nSPS) is 14.0. The van der Waals surface area contributed by atoms with Crippen LogP contribution in [0, 0.1) is 0 Å². The fourth-order valence-electron chi connectivity index (χ4n) is 2.70. The molecule has 7 heteroatoms. The highest BCUT2D eigenvalue weighted by molar-refractivity contribution is 6.30. The number of hydrogen-bond donors (Lipinski definition) is 1. The molecule has 6 nitrogen and oxygen atoms in total. The molecule has 0 aliphatic heterocycles. The van der Waals surface area contributed by atoms with Gasteiger partial charge in [0.05, 0.1) is 5.69 Å². The number of hydrogen-bond acceptors (Lipinski definition) is 5. The number of nitrogens with zero attached hydrogens (tertiary/aromatic N) is 5. The van der Waals surface area contributed by atoms with Gasteiger partial charge in [0.15, 0.2) is 17.2 Å². The van der Waals surface area contributed by atoms with E-state index in [0.29, 0.717) is 27.9 Å². The first-order chi connectivity index (χ1) is 10.7. The second kappa shape index (κ2) is 5.06. The largest absolute Gasteiger partial charge is 0.380 e. The molecular formula is C15H13ClN6. The van der Waals surface area contributed by atoms with Gasteiger partial charge in [0.2, 0.25) is 0 Å². The summed E-state index contributed by atoms with van der Waals surface area (Å²) in [5.74, 6) is 0.338. The lowest BCUT2D eigenvalue weighted by Crippen LogP contribution is -1.99. The molecule has 0 atom stereocenters. The summed E-state index contributed by atoms with van der Waals surface area (Å²) in [6, 6.07) is 7.11. The SMILES string of the molecule is Nc1nn2c3c(cnc2c1N=Nc1ccc(Cl)cc1)CCC3. The highest BCUT2D eigenvalue weighted by Crippen LogP contribution is 2.31. The summed E-state index contributed by atoms with van der Waals surface area (Å²) < 4.78 is 1.80. The van der Waals surface area contributed by atoms with Gasteiger partial charge in [-0.1, -0.05) is 11.6 Å². The zero-order valence-electron chi connectivity index (χ0n) is 11.7. The zero-order valence-corrected chi connectivity index (χ0v) is 12.5. The molecule has 2 heterocycles. The molecule has 2 N–H and O–H groups in total. The van der Waals surface area contributed by atoms with Crippen molar-refractivity contribution in [3.8, 4) is 0 Å². The maximum atomic E-state index is 5.99. The van der Waals surface area contributed by atoms with Crippen LogP contribution < -0.4 is 5.73 Å². The third-order valence-electron chi connectivity index (χ3n) is 3.78. The van der Waals surface area contributed by atoms with E-state index in [0.717, 1.165) is 19.3 Å². The molecule has 3 aromatic rings. The van der Waals surface area contributed by atoms with Crippen molar-refractivity contribution in [1.82, 2.24) is 14.6 Å². The molecule has 1 aromatic carbocycles. The van der Waals surface area contributed by atoms with E-state index in [1.54, 1.807) is 28.8 Å². The van der Waals surface area contributed by atoms with Crippen LogP contribution >= 0.6 is 11.6 Å². The molecule has 0 unspecified atom stereocenters. The van der Waals surface area contributed by atoms with Gasteiger partial charge in [0, 0.05) is 16.9 Å². The van der Waals surface area contributed by atoms with Crippen LogP contribution in [0.4, 0.5) is 17.2 Å².